The van der Waals surface area contributed by atoms with Crippen molar-refractivity contribution in [1.82, 2.24) is 10.2 Å². The highest BCUT2D eigenvalue weighted by Gasteiger charge is 2.32. The second-order valence-electron chi connectivity index (χ2n) is 8.88. The van der Waals surface area contributed by atoms with Gasteiger partial charge in [0.1, 0.15) is 12.6 Å². The molecule has 0 aliphatic heterocycles. The van der Waals surface area contributed by atoms with E-state index in [-0.39, 0.29) is 18.4 Å². The van der Waals surface area contributed by atoms with Crippen LogP contribution in [0.25, 0.3) is 0 Å². The van der Waals surface area contributed by atoms with E-state index in [1.165, 1.54) is 11.0 Å². The number of carbonyl (C=O) groups is 2. The molecule has 0 spiro atoms. The topological polar surface area (TPSA) is 86.8 Å². The van der Waals surface area contributed by atoms with Gasteiger partial charge in [0.2, 0.25) is 21.8 Å². The number of hydrogen-bond acceptors (Lipinski definition) is 4. The molecule has 35 heavy (non-hydrogen) atoms. The summed E-state index contributed by atoms with van der Waals surface area (Å²) in [5.41, 5.74) is 1.61. The minimum Gasteiger partial charge on any atom is -0.354 e. The molecule has 0 radical (unpaired) electrons. The van der Waals surface area contributed by atoms with Crippen LogP contribution in [0.2, 0.25) is 10.0 Å². The number of halogens is 2. The van der Waals surface area contributed by atoms with Crippen molar-refractivity contribution in [2.45, 2.75) is 46.7 Å². The molecule has 10 heteroatoms. The Morgan fingerprint density at radius 1 is 1.09 bits per heavy atom. The highest BCUT2D eigenvalue weighted by atomic mass is 35.5. The molecule has 0 saturated heterocycles. The molecule has 1 atom stereocenters. The van der Waals surface area contributed by atoms with Crippen LogP contribution in [0.1, 0.15) is 38.3 Å². The molecule has 0 bridgehead atoms. The van der Waals surface area contributed by atoms with Gasteiger partial charge < -0.3 is 10.2 Å². The maximum atomic E-state index is 13.7. The quantitative estimate of drug-likeness (QED) is 0.448. The Hall–Kier alpha value is -2.29. The Bertz CT molecular complexity index is 1160. The van der Waals surface area contributed by atoms with Crippen LogP contribution in [0.4, 0.5) is 5.69 Å². The molecule has 0 aromatic heterocycles. The molecule has 0 fully saturated rings. The number of benzene rings is 2. The van der Waals surface area contributed by atoms with E-state index in [1.54, 1.807) is 43.3 Å². The predicted molar refractivity (Wildman–Crippen MR) is 142 cm³/mol. The monoisotopic (exact) mass is 541 g/mol. The van der Waals surface area contributed by atoms with Crippen molar-refractivity contribution in [3.63, 3.8) is 0 Å². The molecule has 1 unspecified atom stereocenters. The van der Waals surface area contributed by atoms with E-state index in [9.17, 15) is 18.0 Å². The summed E-state index contributed by atoms with van der Waals surface area (Å²) in [4.78, 5) is 28.2. The summed E-state index contributed by atoms with van der Waals surface area (Å²) in [6, 6.07) is 11.1. The van der Waals surface area contributed by atoms with Crippen LogP contribution in [0.3, 0.4) is 0 Å². The fourth-order valence-electron chi connectivity index (χ4n) is 3.60. The van der Waals surface area contributed by atoms with Crippen LogP contribution in [0.15, 0.2) is 42.5 Å². The summed E-state index contributed by atoms with van der Waals surface area (Å²) in [5, 5.41) is 3.68. The standard InChI is InChI=1S/C25H33Cl2N3O4S/c1-6-22(25(32)28-14-17(2)3)29(15-19-9-7-8-10-21(19)27)24(31)16-30(35(5,33)34)23-13-20(26)12-11-18(23)4/h7-13,17,22H,6,14-16H2,1-5H3,(H,28,32). The lowest BCUT2D eigenvalue weighted by atomic mass is 10.1. The predicted octanol–water partition coefficient (Wildman–Crippen LogP) is 4.65. The van der Waals surface area contributed by atoms with E-state index in [0.717, 1.165) is 10.6 Å². The van der Waals surface area contributed by atoms with Crippen molar-refractivity contribution in [2.24, 2.45) is 5.92 Å². The Kier molecular flexibility index (Phi) is 10.4. The van der Waals surface area contributed by atoms with Crippen LogP contribution >= 0.6 is 23.2 Å². The smallest absolute Gasteiger partial charge is 0.244 e. The zero-order valence-electron chi connectivity index (χ0n) is 20.7. The van der Waals surface area contributed by atoms with Gasteiger partial charge in [0, 0.05) is 23.1 Å². The van der Waals surface area contributed by atoms with Crippen molar-refractivity contribution in [3.05, 3.63) is 63.6 Å². The molecule has 0 heterocycles. The van der Waals surface area contributed by atoms with Crippen LogP contribution < -0.4 is 9.62 Å². The first kappa shape index (κ1) is 28.9. The molecule has 192 valence electrons. The molecule has 2 rings (SSSR count). The molecule has 0 aliphatic rings. The largest absolute Gasteiger partial charge is 0.354 e. The van der Waals surface area contributed by atoms with Gasteiger partial charge in [-0.25, -0.2) is 8.42 Å². The number of amides is 2. The Balaban J connectivity index is 2.48. The summed E-state index contributed by atoms with van der Waals surface area (Å²) in [6.07, 6.45) is 1.38. The highest BCUT2D eigenvalue weighted by molar-refractivity contribution is 7.92. The van der Waals surface area contributed by atoms with Crippen LogP contribution in [-0.2, 0) is 26.2 Å². The third-order valence-electron chi connectivity index (χ3n) is 5.49. The Morgan fingerprint density at radius 3 is 2.31 bits per heavy atom. The summed E-state index contributed by atoms with van der Waals surface area (Å²) in [7, 11) is -3.84. The summed E-state index contributed by atoms with van der Waals surface area (Å²) in [5.74, 6) is -0.594. The van der Waals surface area contributed by atoms with Crippen molar-refractivity contribution in [2.75, 3.05) is 23.7 Å². The van der Waals surface area contributed by atoms with Gasteiger partial charge in [0.15, 0.2) is 0 Å². The maximum Gasteiger partial charge on any atom is 0.244 e. The molecule has 0 aliphatic carbocycles. The van der Waals surface area contributed by atoms with Crippen LogP contribution in [0.5, 0.6) is 0 Å². The molecule has 2 aromatic carbocycles. The molecule has 0 saturated carbocycles. The molecular formula is C25H33Cl2N3O4S. The van der Waals surface area contributed by atoms with E-state index in [4.69, 9.17) is 23.2 Å². The van der Waals surface area contributed by atoms with E-state index in [1.807, 2.05) is 20.8 Å². The zero-order valence-corrected chi connectivity index (χ0v) is 23.0. The second kappa shape index (κ2) is 12.6. The second-order valence-corrected chi connectivity index (χ2v) is 11.6. The number of aryl methyl sites for hydroxylation is 1. The number of hydrogen-bond donors (Lipinski definition) is 1. The van der Waals surface area contributed by atoms with E-state index >= 15 is 0 Å². The normalized spacial score (nSPS) is 12.3. The van der Waals surface area contributed by atoms with Crippen molar-refractivity contribution >= 4 is 50.7 Å². The molecule has 1 N–H and O–H groups in total. The van der Waals surface area contributed by atoms with Gasteiger partial charge in [-0.1, -0.05) is 68.2 Å². The minimum atomic E-state index is -3.84. The number of nitrogens with zero attached hydrogens (tertiary/aromatic N) is 2. The number of carbonyl (C=O) groups excluding carboxylic acids is 2. The fourth-order valence-corrected chi connectivity index (χ4v) is 4.86. The van der Waals surface area contributed by atoms with Crippen LogP contribution in [-0.4, -0.2) is 50.5 Å². The van der Waals surface area contributed by atoms with Crippen molar-refractivity contribution in [1.29, 1.82) is 0 Å². The van der Waals surface area contributed by atoms with Crippen LogP contribution in [0, 0.1) is 12.8 Å². The van der Waals surface area contributed by atoms with Gasteiger partial charge in [0.05, 0.1) is 11.9 Å². The SMILES string of the molecule is CCC(C(=O)NCC(C)C)N(Cc1ccccc1Cl)C(=O)CN(c1cc(Cl)ccc1C)S(C)(=O)=O. The summed E-state index contributed by atoms with van der Waals surface area (Å²) >= 11 is 12.5. The average molecular weight is 543 g/mol. The molecular weight excluding hydrogens is 509 g/mol. The van der Waals surface area contributed by atoms with Gasteiger partial charge in [0.25, 0.3) is 0 Å². The van der Waals surface area contributed by atoms with Gasteiger partial charge in [-0.15, -0.1) is 0 Å². The van der Waals surface area contributed by atoms with E-state index in [0.29, 0.717) is 39.8 Å². The zero-order chi connectivity index (χ0) is 26.3. The maximum absolute atomic E-state index is 13.7. The Morgan fingerprint density at radius 2 is 1.74 bits per heavy atom. The lowest BCUT2D eigenvalue weighted by molar-refractivity contribution is -0.140. The first-order valence-corrected chi connectivity index (χ1v) is 14.0. The number of sulfonamides is 1. The van der Waals surface area contributed by atoms with Gasteiger partial charge >= 0.3 is 0 Å². The fraction of sp³-hybridized carbons (Fsp3) is 0.440. The highest BCUT2D eigenvalue weighted by Crippen LogP contribution is 2.27. The Labute approximate surface area is 218 Å². The summed E-state index contributed by atoms with van der Waals surface area (Å²) in [6.45, 7) is 7.53. The number of anilines is 1. The van der Waals surface area contributed by atoms with E-state index < -0.39 is 28.5 Å². The average Bonchev–Trinajstić information content (AvgIpc) is 2.78. The number of nitrogens with one attached hydrogen (secondary N) is 1. The first-order chi connectivity index (χ1) is 16.3. The summed E-state index contributed by atoms with van der Waals surface area (Å²) < 4.78 is 26.5. The van der Waals surface area contributed by atoms with Crippen molar-refractivity contribution in [3.8, 4) is 0 Å². The van der Waals surface area contributed by atoms with Gasteiger partial charge in [-0.05, 0) is 48.6 Å². The third kappa shape index (κ3) is 8.12. The molecule has 7 nitrogen and oxygen atoms in total. The lowest BCUT2D eigenvalue weighted by Crippen LogP contribution is -2.52. The molecule has 2 aromatic rings. The van der Waals surface area contributed by atoms with E-state index in [2.05, 4.69) is 5.32 Å². The van der Waals surface area contributed by atoms with Gasteiger partial charge in [-0.3, -0.25) is 13.9 Å². The third-order valence-corrected chi connectivity index (χ3v) is 7.22. The first-order valence-electron chi connectivity index (χ1n) is 11.4. The number of rotatable bonds is 11. The lowest BCUT2D eigenvalue weighted by Gasteiger charge is -2.33. The minimum absolute atomic E-state index is 0.0538. The molecule has 2 amide bonds. The van der Waals surface area contributed by atoms with Gasteiger partial charge in [-0.2, -0.15) is 0 Å². The van der Waals surface area contributed by atoms with Crippen molar-refractivity contribution < 1.29 is 18.0 Å².